The molecule has 27 heavy (non-hydrogen) atoms. The molecule has 1 saturated heterocycles. The maximum Gasteiger partial charge on any atom is 0.253 e. The van der Waals surface area contributed by atoms with E-state index >= 15 is 0 Å². The van der Waals surface area contributed by atoms with Gasteiger partial charge in [-0.1, -0.05) is 5.16 Å². The van der Waals surface area contributed by atoms with Crippen LogP contribution in [0.1, 0.15) is 29.0 Å². The van der Waals surface area contributed by atoms with Gasteiger partial charge in [-0.15, -0.1) is 0 Å². The van der Waals surface area contributed by atoms with Gasteiger partial charge in [0.2, 0.25) is 5.91 Å². The van der Waals surface area contributed by atoms with Crippen molar-refractivity contribution in [2.75, 3.05) is 27.3 Å². The van der Waals surface area contributed by atoms with Crippen LogP contribution in [0.15, 0.2) is 35.0 Å². The van der Waals surface area contributed by atoms with Crippen LogP contribution in [0.2, 0.25) is 0 Å². The fraction of sp³-hybridized carbons (Fsp3) is 0.421. The second-order valence-electron chi connectivity index (χ2n) is 6.33. The molecule has 1 fully saturated rings. The summed E-state index contributed by atoms with van der Waals surface area (Å²) in [7, 11) is 3.09. The van der Waals surface area contributed by atoms with Gasteiger partial charge in [-0.05, 0) is 31.0 Å². The number of piperidine rings is 1. The third kappa shape index (κ3) is 4.39. The molecule has 8 heteroatoms. The zero-order valence-electron chi connectivity index (χ0n) is 15.4. The molecule has 2 aromatic rings. The number of hydrogen-bond acceptors (Lipinski definition) is 6. The first-order valence-corrected chi connectivity index (χ1v) is 8.81. The molecule has 1 aromatic heterocycles. The number of likely N-dealkylation sites (tertiary alicyclic amines) is 1. The zero-order valence-corrected chi connectivity index (χ0v) is 15.4. The Kier molecular flexibility index (Phi) is 5.95. The van der Waals surface area contributed by atoms with Crippen molar-refractivity contribution in [1.29, 1.82) is 0 Å². The van der Waals surface area contributed by atoms with E-state index < -0.39 is 0 Å². The van der Waals surface area contributed by atoms with Crippen molar-refractivity contribution < 1.29 is 23.6 Å². The number of rotatable bonds is 6. The van der Waals surface area contributed by atoms with Crippen molar-refractivity contribution in [1.82, 2.24) is 15.4 Å². The molecule has 1 aromatic carbocycles. The number of aromatic nitrogens is 1. The number of nitrogens with one attached hydrogen (secondary N) is 1. The first-order chi connectivity index (χ1) is 13.1. The van der Waals surface area contributed by atoms with Crippen molar-refractivity contribution >= 4 is 11.8 Å². The maximum atomic E-state index is 12.7. The van der Waals surface area contributed by atoms with E-state index in [1.165, 1.54) is 7.11 Å². The van der Waals surface area contributed by atoms with E-state index in [9.17, 15) is 9.59 Å². The average molecular weight is 373 g/mol. The second-order valence-corrected chi connectivity index (χ2v) is 6.33. The van der Waals surface area contributed by atoms with E-state index in [-0.39, 0.29) is 17.7 Å². The lowest BCUT2D eigenvalue weighted by molar-refractivity contribution is -0.126. The number of benzene rings is 1. The number of nitrogens with zero attached hydrogens (tertiary/aromatic N) is 2. The summed E-state index contributed by atoms with van der Waals surface area (Å²) in [5, 5.41) is 6.46. The molecule has 1 aliphatic rings. The fourth-order valence-corrected chi connectivity index (χ4v) is 3.15. The highest BCUT2D eigenvalue weighted by atomic mass is 16.5. The molecule has 3 rings (SSSR count). The topological polar surface area (TPSA) is 93.9 Å². The number of carbonyl (C=O) groups is 2. The summed E-state index contributed by atoms with van der Waals surface area (Å²) in [5.74, 6) is 1.51. The standard InChI is InChI=1S/C19H23N3O5/c1-25-16-4-3-14(11-17(16)26-2)19(24)22-9-6-13(7-10-22)18(23)20-12-15-5-8-21-27-15/h3-5,8,11,13H,6-7,9-10,12H2,1-2H3,(H,20,23). The molecule has 1 N–H and O–H groups in total. The van der Waals surface area contributed by atoms with Gasteiger partial charge in [0.05, 0.1) is 27.0 Å². The minimum Gasteiger partial charge on any atom is -0.493 e. The van der Waals surface area contributed by atoms with E-state index in [0.29, 0.717) is 55.3 Å². The average Bonchev–Trinajstić information content (AvgIpc) is 3.24. The van der Waals surface area contributed by atoms with Crippen molar-refractivity contribution in [3.63, 3.8) is 0 Å². The number of amides is 2. The quantitative estimate of drug-likeness (QED) is 0.831. The molecule has 0 saturated carbocycles. The highest BCUT2D eigenvalue weighted by molar-refractivity contribution is 5.95. The lowest BCUT2D eigenvalue weighted by atomic mass is 9.95. The van der Waals surface area contributed by atoms with Crippen LogP contribution in [0.5, 0.6) is 11.5 Å². The Morgan fingerprint density at radius 3 is 2.56 bits per heavy atom. The second kappa shape index (κ2) is 8.57. The largest absolute Gasteiger partial charge is 0.493 e. The summed E-state index contributed by atoms with van der Waals surface area (Å²) < 4.78 is 15.4. The van der Waals surface area contributed by atoms with E-state index in [1.807, 2.05) is 0 Å². The van der Waals surface area contributed by atoms with Crippen LogP contribution in [-0.2, 0) is 11.3 Å². The molecular weight excluding hydrogens is 350 g/mol. The first kappa shape index (κ1) is 18.8. The smallest absolute Gasteiger partial charge is 0.253 e. The highest BCUT2D eigenvalue weighted by Gasteiger charge is 2.28. The summed E-state index contributed by atoms with van der Waals surface area (Å²) in [6.45, 7) is 1.39. The number of hydrogen-bond donors (Lipinski definition) is 1. The van der Waals surface area contributed by atoms with E-state index in [4.69, 9.17) is 14.0 Å². The molecule has 0 aliphatic carbocycles. The third-order valence-electron chi connectivity index (χ3n) is 4.71. The monoisotopic (exact) mass is 373 g/mol. The van der Waals surface area contributed by atoms with Crippen LogP contribution < -0.4 is 14.8 Å². The number of methoxy groups -OCH3 is 2. The predicted molar refractivity (Wildman–Crippen MR) is 96.5 cm³/mol. The van der Waals surface area contributed by atoms with E-state index in [0.717, 1.165) is 0 Å². The van der Waals surface area contributed by atoms with Gasteiger partial charge >= 0.3 is 0 Å². The van der Waals surface area contributed by atoms with Gasteiger partial charge in [-0.3, -0.25) is 9.59 Å². The van der Waals surface area contributed by atoms with Crippen LogP contribution in [0.25, 0.3) is 0 Å². The van der Waals surface area contributed by atoms with Crippen molar-refractivity contribution in [2.45, 2.75) is 19.4 Å². The van der Waals surface area contributed by atoms with Gasteiger partial charge in [0.15, 0.2) is 17.3 Å². The van der Waals surface area contributed by atoms with Crippen molar-refractivity contribution in [2.24, 2.45) is 5.92 Å². The van der Waals surface area contributed by atoms with Crippen molar-refractivity contribution in [3.8, 4) is 11.5 Å². The highest BCUT2D eigenvalue weighted by Crippen LogP contribution is 2.28. The van der Waals surface area contributed by atoms with Crippen LogP contribution in [-0.4, -0.2) is 49.2 Å². The van der Waals surface area contributed by atoms with Gasteiger partial charge in [-0.2, -0.15) is 0 Å². The number of ether oxygens (including phenoxy) is 2. The van der Waals surface area contributed by atoms with Gasteiger partial charge < -0.3 is 24.2 Å². The Balaban J connectivity index is 1.53. The van der Waals surface area contributed by atoms with E-state index in [1.54, 1.807) is 42.5 Å². The Labute approximate surface area is 157 Å². The lowest BCUT2D eigenvalue weighted by Crippen LogP contribution is -2.42. The zero-order chi connectivity index (χ0) is 19.2. The van der Waals surface area contributed by atoms with Gasteiger partial charge in [-0.25, -0.2) is 0 Å². The summed E-state index contributed by atoms with van der Waals surface area (Å²) in [6, 6.07) is 6.83. The molecule has 0 bridgehead atoms. The van der Waals surface area contributed by atoms with Crippen LogP contribution in [0, 0.1) is 5.92 Å². The SMILES string of the molecule is COc1ccc(C(=O)N2CCC(C(=O)NCc3ccno3)CC2)cc1OC. The van der Waals surface area contributed by atoms with Gasteiger partial charge in [0.25, 0.3) is 5.91 Å². The van der Waals surface area contributed by atoms with Crippen LogP contribution in [0.4, 0.5) is 0 Å². The molecule has 0 radical (unpaired) electrons. The Morgan fingerprint density at radius 1 is 1.19 bits per heavy atom. The normalized spacial score (nSPS) is 14.7. The summed E-state index contributed by atoms with van der Waals surface area (Å²) in [5.41, 5.74) is 0.542. The molecule has 0 spiro atoms. The maximum absolute atomic E-state index is 12.7. The van der Waals surface area contributed by atoms with Crippen LogP contribution >= 0.6 is 0 Å². The first-order valence-electron chi connectivity index (χ1n) is 8.81. The molecular formula is C19H23N3O5. The fourth-order valence-electron chi connectivity index (χ4n) is 3.15. The number of carbonyl (C=O) groups excluding carboxylic acids is 2. The van der Waals surface area contributed by atoms with Gasteiger partial charge in [0, 0.05) is 30.6 Å². The predicted octanol–water partition coefficient (Wildman–Crippen LogP) is 1.86. The van der Waals surface area contributed by atoms with Crippen molar-refractivity contribution in [3.05, 3.63) is 41.8 Å². The third-order valence-corrected chi connectivity index (χ3v) is 4.71. The molecule has 0 atom stereocenters. The van der Waals surface area contributed by atoms with Gasteiger partial charge in [0.1, 0.15) is 0 Å². The molecule has 144 valence electrons. The molecule has 1 aliphatic heterocycles. The minimum absolute atomic E-state index is 0.0235. The summed E-state index contributed by atoms with van der Waals surface area (Å²) in [4.78, 5) is 26.8. The Bertz CT molecular complexity index is 783. The Hall–Kier alpha value is -3.03. The Morgan fingerprint density at radius 2 is 1.93 bits per heavy atom. The molecule has 0 unspecified atom stereocenters. The molecule has 2 heterocycles. The molecule has 8 nitrogen and oxygen atoms in total. The minimum atomic E-state index is -0.109. The van der Waals surface area contributed by atoms with E-state index in [2.05, 4.69) is 10.5 Å². The molecule has 2 amide bonds. The lowest BCUT2D eigenvalue weighted by Gasteiger charge is -2.31. The summed E-state index contributed by atoms with van der Waals surface area (Å²) >= 11 is 0. The summed E-state index contributed by atoms with van der Waals surface area (Å²) in [6.07, 6.45) is 2.79. The van der Waals surface area contributed by atoms with Crippen LogP contribution in [0.3, 0.4) is 0 Å².